The monoisotopic (exact) mass is 454 g/mol. The van der Waals surface area contributed by atoms with Gasteiger partial charge < -0.3 is 27.3 Å². The van der Waals surface area contributed by atoms with E-state index >= 15 is 0 Å². The molecule has 0 aromatic heterocycles. The molecule has 0 bridgehead atoms. The van der Waals surface area contributed by atoms with Crippen LogP contribution in [0.15, 0.2) is 12.2 Å². The molecule has 0 aliphatic heterocycles. The molecular weight excluding hydrogens is 411 g/mol. The Morgan fingerprint density at radius 3 is 1.00 bits per heavy atom. The molecule has 0 aliphatic rings. The van der Waals surface area contributed by atoms with Gasteiger partial charge in [-0.15, -0.1) is 0 Å². The first-order valence-electron chi connectivity index (χ1n) is 11.1. The van der Waals surface area contributed by atoms with Crippen LogP contribution in [0.2, 0.25) is 0 Å². The zero-order chi connectivity index (χ0) is 23.5. The Kier molecular flexibility index (Phi) is 40.4. The van der Waals surface area contributed by atoms with Gasteiger partial charge in [-0.05, 0) is 0 Å². The van der Waals surface area contributed by atoms with Crippen molar-refractivity contribution < 1.29 is 64.4 Å². The zero-order valence-electron chi connectivity index (χ0n) is 19.7. The third-order valence-corrected chi connectivity index (χ3v) is 4.22. The van der Waals surface area contributed by atoms with Crippen LogP contribution in [-0.2, 0) is 9.59 Å². The predicted octanol–water partition coefficient (Wildman–Crippen LogP) is 4.02. The summed E-state index contributed by atoms with van der Waals surface area (Å²) in [6, 6.07) is 0. The van der Waals surface area contributed by atoms with Crippen molar-refractivity contribution in [2.45, 2.75) is 110 Å². The van der Waals surface area contributed by atoms with Crippen LogP contribution in [0.5, 0.6) is 0 Å². The van der Waals surface area contributed by atoms with Gasteiger partial charge in [-0.2, -0.15) is 6.42 Å². The Morgan fingerprint density at radius 2 is 0.806 bits per heavy atom. The van der Waals surface area contributed by atoms with Crippen molar-refractivity contribution in [3.63, 3.8) is 0 Å². The molecule has 178 valence electrons. The van der Waals surface area contributed by atoms with E-state index in [1.54, 1.807) is 0 Å². The maximum absolute atomic E-state index is 9.55. The molecule has 0 aromatic carbocycles. The molecule has 8 heteroatoms. The van der Waals surface area contributed by atoms with E-state index in [0.717, 1.165) is 6.42 Å². The number of hydrogen-bond acceptors (Lipinski definition) is 3. The Bertz CT molecular complexity index is 390. The van der Waals surface area contributed by atoms with Crippen LogP contribution in [0.3, 0.4) is 0 Å². The second-order valence-electron chi connectivity index (χ2n) is 7.10. The second kappa shape index (κ2) is 33.6. The molecule has 0 rings (SSSR count). The molecular formula is C23H43NaO7. The van der Waals surface area contributed by atoms with Crippen LogP contribution in [0.1, 0.15) is 110 Å². The van der Waals surface area contributed by atoms with E-state index < -0.39 is 18.1 Å². The number of carbonyl (C=O) groups is 3. The van der Waals surface area contributed by atoms with Crippen LogP contribution in [0, 0.1) is 6.92 Å². The zero-order valence-corrected chi connectivity index (χ0v) is 21.7. The number of hydrogen-bond donors (Lipinski definition) is 4. The standard InChI is InChI=1S/C18H37.C4H4O4.CH2O3.Na/c1-3-5-7-9-11-13-15-17-18-16-14-12-10-8-6-4-2;5-3(6)1-2-4(7)8;2-1(3)4;/h1,3-18H2,2H3;1-2H,(H,5,6)(H,7,8);(H2,2,3,4);/q-1;;;+1/b;2-1+;;. The summed E-state index contributed by atoms with van der Waals surface area (Å²) in [7, 11) is 0. The summed E-state index contributed by atoms with van der Waals surface area (Å²) >= 11 is 0. The minimum Gasteiger partial charge on any atom is -0.478 e. The van der Waals surface area contributed by atoms with E-state index in [4.69, 9.17) is 25.2 Å². The number of aliphatic carboxylic acids is 2. The minimum atomic E-state index is -1.83. The van der Waals surface area contributed by atoms with Crippen LogP contribution < -0.4 is 29.6 Å². The van der Waals surface area contributed by atoms with Gasteiger partial charge in [0, 0.05) is 12.2 Å². The predicted molar refractivity (Wildman–Crippen MR) is 120 cm³/mol. The largest absolute Gasteiger partial charge is 1.00 e. The third-order valence-electron chi connectivity index (χ3n) is 4.22. The molecule has 0 amide bonds. The molecule has 0 aliphatic carbocycles. The summed E-state index contributed by atoms with van der Waals surface area (Å²) in [5, 5.41) is 29.6. The van der Waals surface area contributed by atoms with Crippen LogP contribution in [0.25, 0.3) is 0 Å². The van der Waals surface area contributed by atoms with Crippen LogP contribution in [-0.4, -0.2) is 38.5 Å². The molecule has 0 fully saturated rings. The van der Waals surface area contributed by atoms with E-state index in [2.05, 4.69) is 13.8 Å². The molecule has 0 atom stereocenters. The number of unbranched alkanes of at least 4 members (excludes halogenated alkanes) is 15. The average molecular weight is 455 g/mol. The van der Waals surface area contributed by atoms with E-state index in [0.29, 0.717) is 12.2 Å². The third kappa shape index (κ3) is 58.6. The smallest absolute Gasteiger partial charge is 0.478 e. The van der Waals surface area contributed by atoms with Gasteiger partial charge in [-0.1, -0.05) is 103 Å². The molecule has 0 heterocycles. The fourth-order valence-corrected chi connectivity index (χ4v) is 2.69. The van der Waals surface area contributed by atoms with Crippen LogP contribution in [0.4, 0.5) is 4.79 Å². The summed E-state index contributed by atoms with van der Waals surface area (Å²) in [5.74, 6) is -2.51. The average Bonchev–Trinajstić information content (AvgIpc) is 2.67. The van der Waals surface area contributed by atoms with E-state index in [1.165, 1.54) is 96.3 Å². The van der Waals surface area contributed by atoms with Gasteiger partial charge in [-0.25, -0.2) is 14.4 Å². The molecule has 0 aromatic rings. The van der Waals surface area contributed by atoms with Gasteiger partial charge >= 0.3 is 47.7 Å². The number of rotatable bonds is 17. The van der Waals surface area contributed by atoms with Crippen molar-refractivity contribution in [1.82, 2.24) is 0 Å². The summed E-state index contributed by atoms with van der Waals surface area (Å²) < 4.78 is 0. The van der Waals surface area contributed by atoms with Crippen molar-refractivity contribution in [1.29, 1.82) is 0 Å². The first-order valence-corrected chi connectivity index (χ1v) is 11.1. The van der Waals surface area contributed by atoms with Crippen molar-refractivity contribution in [2.75, 3.05) is 0 Å². The molecule has 31 heavy (non-hydrogen) atoms. The van der Waals surface area contributed by atoms with Gasteiger partial charge in [0.2, 0.25) is 0 Å². The Labute approximate surface area is 210 Å². The van der Waals surface area contributed by atoms with Gasteiger partial charge in [-0.3, -0.25) is 0 Å². The SMILES string of the molecule is O=C(O)/C=C/C(=O)O.O=C(O)O.[CH2-]CCCCCCCCCCCCCCCCC.[Na+]. The number of carboxylic acids is 2. The van der Waals surface area contributed by atoms with Gasteiger partial charge in [0.25, 0.3) is 0 Å². The second-order valence-corrected chi connectivity index (χ2v) is 7.10. The molecule has 0 unspecified atom stereocenters. The first kappa shape index (κ1) is 37.3. The Morgan fingerprint density at radius 1 is 0.581 bits per heavy atom. The molecule has 0 radical (unpaired) electrons. The fourth-order valence-electron chi connectivity index (χ4n) is 2.69. The van der Waals surface area contributed by atoms with Crippen molar-refractivity contribution >= 4 is 18.1 Å². The summed E-state index contributed by atoms with van der Waals surface area (Å²) in [6.45, 7) is 6.18. The Hall–Kier alpha value is -1.05. The Balaban J connectivity index is -0.000000233. The molecule has 4 N–H and O–H groups in total. The molecule has 0 saturated carbocycles. The topological polar surface area (TPSA) is 132 Å². The van der Waals surface area contributed by atoms with E-state index in [-0.39, 0.29) is 29.6 Å². The maximum atomic E-state index is 9.55. The van der Waals surface area contributed by atoms with Crippen LogP contribution >= 0.6 is 0 Å². The summed E-state index contributed by atoms with van der Waals surface area (Å²) in [5.41, 5.74) is 0. The van der Waals surface area contributed by atoms with Gasteiger partial charge in [0.1, 0.15) is 0 Å². The van der Waals surface area contributed by atoms with Crippen molar-refractivity contribution in [3.05, 3.63) is 19.1 Å². The minimum absolute atomic E-state index is 0. The quantitative estimate of drug-likeness (QED) is 0.113. The molecule has 0 saturated heterocycles. The summed E-state index contributed by atoms with van der Waals surface area (Å²) in [4.78, 5) is 27.7. The fraction of sp³-hybridized carbons (Fsp3) is 0.739. The number of carboxylic acid groups (broad SMARTS) is 4. The molecule has 0 spiro atoms. The normalized spacial score (nSPS) is 9.61. The summed E-state index contributed by atoms with van der Waals surface area (Å²) in [6.07, 6.45) is 22.1. The van der Waals surface area contributed by atoms with E-state index in [1.807, 2.05) is 0 Å². The van der Waals surface area contributed by atoms with Gasteiger partial charge in [0.05, 0.1) is 0 Å². The van der Waals surface area contributed by atoms with Gasteiger partial charge in [0.15, 0.2) is 0 Å². The van der Waals surface area contributed by atoms with Crippen molar-refractivity contribution in [3.8, 4) is 0 Å². The molecule has 7 nitrogen and oxygen atoms in total. The first-order chi connectivity index (χ1) is 14.3. The van der Waals surface area contributed by atoms with Crippen molar-refractivity contribution in [2.24, 2.45) is 0 Å². The maximum Gasteiger partial charge on any atom is 1.00 e. The van der Waals surface area contributed by atoms with E-state index in [9.17, 15) is 9.59 Å².